The van der Waals surface area contributed by atoms with Gasteiger partial charge in [0.1, 0.15) is 0 Å². The number of hydrogen-bond donors (Lipinski definition) is 0. The van der Waals surface area contributed by atoms with Gasteiger partial charge in [-0.3, -0.25) is 0 Å². The Bertz CT molecular complexity index is 2460. The highest BCUT2D eigenvalue weighted by atomic mass is 32.1. The zero-order valence-corrected chi connectivity index (χ0v) is 25.0. The monoisotopic (exact) mass is 591 g/mol. The van der Waals surface area contributed by atoms with E-state index in [-0.39, 0.29) is 0 Å². The summed E-state index contributed by atoms with van der Waals surface area (Å²) in [6, 6.07) is 53.1. The van der Waals surface area contributed by atoms with E-state index in [1.165, 1.54) is 42.1 Å². The van der Waals surface area contributed by atoms with Crippen LogP contribution in [0.5, 0.6) is 0 Å². The fraction of sp³-hybridized carbons (Fsp3) is 0. The minimum Gasteiger partial charge on any atom is -0.208 e. The molecule has 9 aromatic rings. The van der Waals surface area contributed by atoms with Crippen LogP contribution in [0.25, 0.3) is 87.0 Å². The Kier molecular flexibility index (Phi) is 6.00. The lowest BCUT2D eigenvalue weighted by molar-refractivity contribution is 1.08. The van der Waals surface area contributed by atoms with Crippen molar-refractivity contribution in [3.63, 3.8) is 0 Å². The van der Waals surface area contributed by atoms with Gasteiger partial charge in [0.2, 0.25) is 0 Å². The van der Waals surface area contributed by atoms with Crippen molar-refractivity contribution in [3.8, 4) is 45.3 Å². The van der Waals surface area contributed by atoms with Crippen LogP contribution in [-0.2, 0) is 0 Å². The number of hydrogen-bond acceptors (Lipinski definition) is 4. The number of thiophene rings is 1. The molecule has 0 aliphatic rings. The fourth-order valence-electron chi connectivity index (χ4n) is 6.40. The van der Waals surface area contributed by atoms with Crippen molar-refractivity contribution >= 4 is 53.1 Å². The average Bonchev–Trinajstić information content (AvgIpc) is 3.51. The van der Waals surface area contributed by atoms with Gasteiger partial charge in [-0.1, -0.05) is 146 Å². The van der Waals surface area contributed by atoms with E-state index in [9.17, 15) is 0 Å². The van der Waals surface area contributed by atoms with E-state index in [4.69, 9.17) is 15.0 Å². The van der Waals surface area contributed by atoms with Crippen LogP contribution in [0.15, 0.2) is 152 Å². The molecule has 0 fully saturated rings. The molecule has 0 unspecified atom stereocenters. The molecule has 45 heavy (non-hydrogen) atoms. The lowest BCUT2D eigenvalue weighted by Gasteiger charge is -2.13. The second-order valence-corrected chi connectivity index (χ2v) is 12.2. The predicted molar refractivity (Wildman–Crippen MR) is 189 cm³/mol. The number of aromatic nitrogens is 3. The summed E-state index contributed by atoms with van der Waals surface area (Å²) in [6.45, 7) is 0. The third-order valence-electron chi connectivity index (χ3n) is 8.51. The first-order chi connectivity index (χ1) is 22.3. The molecule has 0 radical (unpaired) electrons. The summed E-state index contributed by atoms with van der Waals surface area (Å²) in [5.41, 5.74) is 5.42. The van der Waals surface area contributed by atoms with Crippen molar-refractivity contribution < 1.29 is 0 Å². The van der Waals surface area contributed by atoms with Gasteiger partial charge in [0.05, 0.1) is 0 Å². The molecule has 0 saturated carbocycles. The van der Waals surface area contributed by atoms with Gasteiger partial charge in [0.25, 0.3) is 0 Å². The quantitative estimate of drug-likeness (QED) is 0.191. The Morgan fingerprint density at radius 2 is 0.889 bits per heavy atom. The highest BCUT2D eigenvalue weighted by molar-refractivity contribution is 7.27. The molecule has 0 N–H and O–H groups in total. The van der Waals surface area contributed by atoms with Gasteiger partial charge in [0, 0.05) is 42.2 Å². The molecular formula is C41H25N3S. The van der Waals surface area contributed by atoms with Gasteiger partial charge >= 0.3 is 0 Å². The third kappa shape index (κ3) is 4.30. The van der Waals surface area contributed by atoms with Crippen LogP contribution in [0.4, 0.5) is 0 Å². The maximum absolute atomic E-state index is 5.11. The van der Waals surface area contributed by atoms with Crippen molar-refractivity contribution in [3.05, 3.63) is 152 Å². The maximum atomic E-state index is 5.11. The molecule has 4 heteroatoms. The summed E-state index contributed by atoms with van der Waals surface area (Å²) in [5, 5.41) is 7.33. The third-order valence-corrected chi connectivity index (χ3v) is 9.78. The molecule has 0 aliphatic carbocycles. The number of nitrogens with zero attached hydrogens (tertiary/aromatic N) is 3. The SMILES string of the molecule is c1ccc(-c2nc(-c3ccccc3)nc(-c3cc4ccccc4c4c3ccc3c5cccc(-c6ccccc6)c5sc34)n2)cc1. The molecule has 210 valence electrons. The average molecular weight is 592 g/mol. The fourth-order valence-corrected chi connectivity index (χ4v) is 7.79. The normalized spacial score (nSPS) is 11.6. The smallest absolute Gasteiger partial charge is 0.164 e. The van der Waals surface area contributed by atoms with Gasteiger partial charge in [-0.2, -0.15) is 0 Å². The van der Waals surface area contributed by atoms with Crippen molar-refractivity contribution in [1.29, 1.82) is 0 Å². The number of fused-ring (bicyclic) bond motifs is 7. The van der Waals surface area contributed by atoms with Crippen LogP contribution < -0.4 is 0 Å². The zero-order chi connectivity index (χ0) is 29.7. The Balaban J connectivity index is 1.37. The summed E-state index contributed by atoms with van der Waals surface area (Å²) < 4.78 is 2.59. The van der Waals surface area contributed by atoms with Crippen molar-refractivity contribution in [2.75, 3.05) is 0 Å². The van der Waals surface area contributed by atoms with Crippen molar-refractivity contribution in [1.82, 2.24) is 15.0 Å². The Morgan fingerprint density at radius 1 is 0.356 bits per heavy atom. The van der Waals surface area contributed by atoms with E-state index in [2.05, 4.69) is 115 Å². The lowest BCUT2D eigenvalue weighted by atomic mass is 9.94. The van der Waals surface area contributed by atoms with Gasteiger partial charge in [-0.15, -0.1) is 11.3 Å². The van der Waals surface area contributed by atoms with Gasteiger partial charge in [0.15, 0.2) is 17.5 Å². The van der Waals surface area contributed by atoms with Crippen LogP contribution in [0.1, 0.15) is 0 Å². The van der Waals surface area contributed by atoms with Crippen LogP contribution in [0.2, 0.25) is 0 Å². The molecule has 7 aromatic carbocycles. The standard InChI is InChI=1S/C41H25N3S/c1-4-13-26(14-5-1)31-21-12-22-33-34-24-23-32-35(25-29-19-10-11-20-30(29)36(32)38(34)45-37(31)33)41-43-39(27-15-6-2-7-16-27)42-40(44-41)28-17-8-3-9-18-28/h1-25H. The summed E-state index contributed by atoms with van der Waals surface area (Å²) >= 11 is 1.88. The van der Waals surface area contributed by atoms with E-state index in [0.29, 0.717) is 17.5 Å². The molecule has 2 heterocycles. The van der Waals surface area contributed by atoms with E-state index in [1.54, 1.807) is 0 Å². The Hall–Kier alpha value is -5.71. The Labute approximate surface area is 264 Å². The van der Waals surface area contributed by atoms with Gasteiger partial charge in [-0.25, -0.2) is 15.0 Å². The molecule has 0 bridgehead atoms. The van der Waals surface area contributed by atoms with E-state index >= 15 is 0 Å². The summed E-state index contributed by atoms with van der Waals surface area (Å²) in [7, 11) is 0. The first-order valence-electron chi connectivity index (χ1n) is 15.0. The van der Waals surface area contributed by atoms with Crippen LogP contribution >= 0.6 is 11.3 Å². The molecule has 0 amide bonds. The highest BCUT2D eigenvalue weighted by Crippen LogP contribution is 2.46. The minimum atomic E-state index is 0.663. The van der Waals surface area contributed by atoms with Crippen LogP contribution in [0, 0.1) is 0 Å². The number of rotatable bonds is 4. The van der Waals surface area contributed by atoms with E-state index < -0.39 is 0 Å². The molecule has 0 saturated heterocycles. The van der Waals surface area contributed by atoms with E-state index in [0.717, 1.165) is 27.5 Å². The second-order valence-electron chi connectivity index (χ2n) is 11.2. The zero-order valence-electron chi connectivity index (χ0n) is 24.2. The second kappa shape index (κ2) is 10.5. The van der Waals surface area contributed by atoms with Gasteiger partial charge in [-0.05, 0) is 33.4 Å². The molecule has 3 nitrogen and oxygen atoms in total. The maximum Gasteiger partial charge on any atom is 0.164 e. The number of benzene rings is 7. The molecule has 2 aromatic heterocycles. The molecule has 9 rings (SSSR count). The molecule has 0 spiro atoms. The summed E-state index contributed by atoms with van der Waals surface area (Å²) in [6.07, 6.45) is 0. The summed E-state index contributed by atoms with van der Waals surface area (Å²) in [5.74, 6) is 2.00. The summed E-state index contributed by atoms with van der Waals surface area (Å²) in [4.78, 5) is 15.2. The van der Waals surface area contributed by atoms with Crippen molar-refractivity contribution in [2.24, 2.45) is 0 Å². The molecule has 0 atom stereocenters. The molecule has 0 aliphatic heterocycles. The largest absolute Gasteiger partial charge is 0.208 e. The topological polar surface area (TPSA) is 38.7 Å². The van der Waals surface area contributed by atoms with Crippen LogP contribution in [-0.4, -0.2) is 15.0 Å². The lowest BCUT2D eigenvalue weighted by Crippen LogP contribution is -2.00. The predicted octanol–water partition coefficient (Wildman–Crippen LogP) is 11.2. The van der Waals surface area contributed by atoms with E-state index in [1.807, 2.05) is 47.7 Å². The molecular weight excluding hydrogens is 567 g/mol. The first kappa shape index (κ1) is 25.8. The van der Waals surface area contributed by atoms with Crippen LogP contribution in [0.3, 0.4) is 0 Å². The Morgan fingerprint density at radius 3 is 1.58 bits per heavy atom. The van der Waals surface area contributed by atoms with Crippen molar-refractivity contribution in [2.45, 2.75) is 0 Å². The minimum absolute atomic E-state index is 0.663. The van der Waals surface area contributed by atoms with Gasteiger partial charge < -0.3 is 0 Å². The first-order valence-corrected chi connectivity index (χ1v) is 15.9. The highest BCUT2D eigenvalue weighted by Gasteiger charge is 2.19.